The molecule has 1 nitrogen and oxygen atoms in total. The van der Waals surface area contributed by atoms with Crippen molar-refractivity contribution in [3.05, 3.63) is 35.4 Å². The summed E-state index contributed by atoms with van der Waals surface area (Å²) < 4.78 is 27.7. The summed E-state index contributed by atoms with van der Waals surface area (Å²) in [5.74, 6) is -2.40. The van der Waals surface area contributed by atoms with Gasteiger partial charge in [-0.05, 0) is 55.8 Å². The first-order valence-electron chi connectivity index (χ1n) is 9.59. The van der Waals surface area contributed by atoms with E-state index >= 15 is 0 Å². The fourth-order valence-corrected chi connectivity index (χ4v) is 4.69. The van der Waals surface area contributed by atoms with Gasteiger partial charge in [-0.25, -0.2) is 8.78 Å². The molecule has 1 heterocycles. The van der Waals surface area contributed by atoms with E-state index < -0.39 is 5.92 Å². The topological polar surface area (TPSA) is 3.24 Å². The Bertz CT molecular complexity index is 537. The summed E-state index contributed by atoms with van der Waals surface area (Å²) >= 11 is 0. The van der Waals surface area contributed by atoms with E-state index in [-0.39, 0.29) is 11.0 Å². The first kappa shape index (κ1) is 17.8. The van der Waals surface area contributed by atoms with Crippen LogP contribution in [0.1, 0.15) is 75.8 Å². The second-order valence-electron chi connectivity index (χ2n) is 8.29. The first-order chi connectivity index (χ1) is 11.4. The number of alkyl halides is 2. The molecule has 2 fully saturated rings. The molecule has 1 unspecified atom stereocenters. The number of hydrogen-bond acceptors (Lipinski definition) is 1. The third-order valence-corrected chi connectivity index (χ3v) is 6.27. The van der Waals surface area contributed by atoms with Crippen molar-refractivity contribution in [1.82, 2.24) is 4.90 Å². The molecule has 0 N–H and O–H groups in total. The maximum Gasteiger partial charge on any atom is 0.270 e. The molecule has 0 bridgehead atoms. The number of hydrogen-bond donors (Lipinski definition) is 0. The second-order valence-corrected chi connectivity index (χ2v) is 8.29. The van der Waals surface area contributed by atoms with Gasteiger partial charge in [-0.3, -0.25) is 0 Å². The Morgan fingerprint density at radius 2 is 1.75 bits per heavy atom. The highest BCUT2D eigenvalue weighted by atomic mass is 19.3. The Morgan fingerprint density at radius 3 is 2.38 bits per heavy atom. The zero-order valence-electron chi connectivity index (χ0n) is 15.2. The molecule has 1 aliphatic heterocycles. The Labute approximate surface area is 145 Å². The van der Waals surface area contributed by atoms with Gasteiger partial charge in [0.1, 0.15) is 0 Å². The molecular weight excluding hydrogens is 304 g/mol. The largest absolute Gasteiger partial charge is 0.303 e. The van der Waals surface area contributed by atoms with Crippen LogP contribution in [0.5, 0.6) is 0 Å². The van der Waals surface area contributed by atoms with Gasteiger partial charge in [0, 0.05) is 24.9 Å². The van der Waals surface area contributed by atoms with E-state index in [1.165, 1.54) is 44.9 Å². The molecule has 2 aliphatic rings. The summed E-state index contributed by atoms with van der Waals surface area (Å²) in [4.78, 5) is 2.54. The van der Waals surface area contributed by atoms with E-state index in [1.54, 1.807) is 12.1 Å². The molecule has 1 atom stereocenters. The normalized spacial score (nSPS) is 23.3. The lowest BCUT2D eigenvalue weighted by Crippen LogP contribution is -2.37. The molecule has 1 saturated heterocycles. The molecule has 0 spiro atoms. The highest BCUT2D eigenvalue weighted by Crippen LogP contribution is 2.48. The van der Waals surface area contributed by atoms with Gasteiger partial charge >= 0.3 is 0 Å². The molecule has 0 radical (unpaired) electrons. The van der Waals surface area contributed by atoms with Gasteiger partial charge in [-0.1, -0.05) is 44.4 Å². The first-order valence-corrected chi connectivity index (χ1v) is 9.59. The minimum absolute atomic E-state index is 0.158. The van der Waals surface area contributed by atoms with Gasteiger partial charge in [0.15, 0.2) is 0 Å². The Morgan fingerprint density at radius 1 is 1.08 bits per heavy atom. The van der Waals surface area contributed by atoms with Crippen molar-refractivity contribution >= 4 is 0 Å². The average Bonchev–Trinajstić information content (AvgIpc) is 3.06. The van der Waals surface area contributed by atoms with Crippen molar-refractivity contribution in [2.45, 2.75) is 70.6 Å². The number of benzene rings is 1. The van der Waals surface area contributed by atoms with Crippen molar-refractivity contribution in [3.63, 3.8) is 0 Å². The van der Waals surface area contributed by atoms with Crippen LogP contribution >= 0.6 is 0 Å². The molecular formula is C21H31F2N. The summed E-state index contributed by atoms with van der Waals surface area (Å²) in [5, 5.41) is 0. The molecule has 1 saturated carbocycles. The summed E-state index contributed by atoms with van der Waals surface area (Å²) in [5.41, 5.74) is 1.51. The van der Waals surface area contributed by atoms with Crippen LogP contribution in [-0.2, 0) is 5.92 Å². The molecule has 3 rings (SSSR count). The van der Waals surface area contributed by atoms with Crippen LogP contribution < -0.4 is 0 Å². The van der Waals surface area contributed by atoms with Gasteiger partial charge in [-0.2, -0.15) is 0 Å². The fourth-order valence-electron chi connectivity index (χ4n) is 4.69. The standard InChI is InChI=1S/C21H31F2N/c1-20(11-4-3-5-12-20)19(16-24-13-6-7-14-24)17-9-8-10-18(15-17)21(2,22)23/h8-10,15,19H,3-7,11-14,16H2,1-2H3. The van der Waals surface area contributed by atoms with Crippen LogP contribution in [0, 0.1) is 5.41 Å². The minimum Gasteiger partial charge on any atom is -0.303 e. The molecule has 134 valence electrons. The molecule has 24 heavy (non-hydrogen) atoms. The van der Waals surface area contributed by atoms with Crippen LogP contribution in [-0.4, -0.2) is 24.5 Å². The Hall–Kier alpha value is -0.960. The molecule has 1 aliphatic carbocycles. The Balaban J connectivity index is 1.91. The third-order valence-electron chi connectivity index (χ3n) is 6.27. The SMILES string of the molecule is CC(F)(F)c1cccc(C(CN2CCCC2)C2(C)CCCCC2)c1. The van der Waals surface area contributed by atoms with E-state index in [0.29, 0.717) is 5.92 Å². The number of likely N-dealkylation sites (tertiary alicyclic amines) is 1. The monoisotopic (exact) mass is 335 g/mol. The van der Waals surface area contributed by atoms with E-state index in [0.717, 1.165) is 32.1 Å². The molecule has 3 heteroatoms. The van der Waals surface area contributed by atoms with Crippen molar-refractivity contribution < 1.29 is 8.78 Å². The smallest absolute Gasteiger partial charge is 0.270 e. The quantitative estimate of drug-likeness (QED) is 0.643. The lowest BCUT2D eigenvalue weighted by Gasteiger charge is -2.43. The Kier molecular flexibility index (Phi) is 5.29. The summed E-state index contributed by atoms with van der Waals surface area (Å²) in [6, 6.07) is 7.25. The lowest BCUT2D eigenvalue weighted by atomic mass is 9.64. The van der Waals surface area contributed by atoms with Crippen molar-refractivity contribution in [1.29, 1.82) is 0 Å². The van der Waals surface area contributed by atoms with Gasteiger partial charge in [0.25, 0.3) is 5.92 Å². The van der Waals surface area contributed by atoms with Crippen molar-refractivity contribution in [2.75, 3.05) is 19.6 Å². The third kappa shape index (κ3) is 3.99. The maximum atomic E-state index is 13.8. The van der Waals surface area contributed by atoms with Crippen molar-refractivity contribution in [2.24, 2.45) is 5.41 Å². The van der Waals surface area contributed by atoms with Crippen LogP contribution in [0.15, 0.2) is 24.3 Å². The second kappa shape index (κ2) is 7.11. The predicted molar refractivity (Wildman–Crippen MR) is 95.6 cm³/mol. The summed E-state index contributed by atoms with van der Waals surface area (Å²) in [6.45, 7) is 6.75. The lowest BCUT2D eigenvalue weighted by molar-refractivity contribution is 0.0172. The average molecular weight is 335 g/mol. The highest BCUT2D eigenvalue weighted by molar-refractivity contribution is 5.31. The highest BCUT2D eigenvalue weighted by Gasteiger charge is 2.38. The van der Waals surface area contributed by atoms with Crippen LogP contribution in [0.2, 0.25) is 0 Å². The number of rotatable bonds is 5. The number of nitrogens with zero attached hydrogens (tertiary/aromatic N) is 1. The van der Waals surface area contributed by atoms with E-state index in [9.17, 15) is 8.78 Å². The van der Waals surface area contributed by atoms with Gasteiger partial charge in [0.2, 0.25) is 0 Å². The van der Waals surface area contributed by atoms with Crippen LogP contribution in [0.3, 0.4) is 0 Å². The van der Waals surface area contributed by atoms with Crippen LogP contribution in [0.4, 0.5) is 8.78 Å². The molecule has 1 aromatic carbocycles. The molecule has 0 aromatic heterocycles. The van der Waals surface area contributed by atoms with Gasteiger partial charge < -0.3 is 4.90 Å². The molecule has 0 amide bonds. The van der Waals surface area contributed by atoms with E-state index in [1.807, 2.05) is 6.07 Å². The minimum atomic E-state index is -2.76. The summed E-state index contributed by atoms with van der Waals surface area (Å²) in [7, 11) is 0. The van der Waals surface area contributed by atoms with E-state index in [4.69, 9.17) is 0 Å². The molecule has 1 aromatic rings. The zero-order valence-corrected chi connectivity index (χ0v) is 15.2. The van der Waals surface area contributed by atoms with Crippen molar-refractivity contribution in [3.8, 4) is 0 Å². The van der Waals surface area contributed by atoms with Gasteiger partial charge in [0.05, 0.1) is 0 Å². The number of halogens is 2. The van der Waals surface area contributed by atoms with E-state index in [2.05, 4.69) is 17.9 Å². The fraction of sp³-hybridized carbons (Fsp3) is 0.714. The maximum absolute atomic E-state index is 13.8. The zero-order chi connectivity index (χ0) is 17.2. The van der Waals surface area contributed by atoms with Gasteiger partial charge in [-0.15, -0.1) is 0 Å². The predicted octanol–water partition coefficient (Wildman–Crippen LogP) is 5.95. The van der Waals surface area contributed by atoms with Crippen LogP contribution in [0.25, 0.3) is 0 Å². The summed E-state index contributed by atoms with van der Waals surface area (Å²) in [6.07, 6.45) is 8.86.